The van der Waals surface area contributed by atoms with E-state index in [1.807, 2.05) is 6.92 Å². The van der Waals surface area contributed by atoms with Crippen LogP contribution in [0.1, 0.15) is 37.0 Å². The average Bonchev–Trinajstić information content (AvgIpc) is 3.19. The molecule has 200 valence electrons. The lowest BCUT2D eigenvalue weighted by atomic mass is 10.2. The summed E-state index contributed by atoms with van der Waals surface area (Å²) in [5, 5.41) is 5.22. The minimum Gasteiger partial charge on any atom is -0.468 e. The fraction of sp³-hybridized carbons (Fsp3) is 0.348. The van der Waals surface area contributed by atoms with Crippen molar-refractivity contribution in [1.29, 1.82) is 0 Å². The van der Waals surface area contributed by atoms with Crippen LogP contribution >= 0.6 is 11.3 Å². The van der Waals surface area contributed by atoms with Crippen molar-refractivity contribution in [3.05, 3.63) is 52.8 Å². The number of hydrogen-bond donors (Lipinski definition) is 1. The van der Waals surface area contributed by atoms with E-state index in [9.17, 15) is 26.4 Å². The Hall–Kier alpha value is -2.91. The van der Waals surface area contributed by atoms with Crippen LogP contribution < -0.4 is 9.94 Å². The van der Waals surface area contributed by atoms with Gasteiger partial charge in [0.25, 0.3) is 5.91 Å². The Morgan fingerprint density at radius 1 is 1.05 bits per heavy atom. The zero-order valence-electron chi connectivity index (χ0n) is 20.6. The van der Waals surface area contributed by atoms with Crippen molar-refractivity contribution < 1.29 is 31.2 Å². The van der Waals surface area contributed by atoms with Crippen LogP contribution in [0.25, 0.3) is 10.2 Å². The molecule has 0 aliphatic rings. The fourth-order valence-electron chi connectivity index (χ4n) is 3.51. The summed E-state index contributed by atoms with van der Waals surface area (Å²) in [6, 6.07) is 9.58. The molecule has 0 atom stereocenters. The van der Waals surface area contributed by atoms with Crippen LogP contribution in [0.15, 0.2) is 57.2 Å². The Morgan fingerprint density at radius 3 is 2.27 bits per heavy atom. The molecule has 14 heteroatoms. The molecule has 0 radical (unpaired) electrons. The van der Waals surface area contributed by atoms with Crippen LogP contribution in [-0.4, -0.2) is 57.8 Å². The smallest absolute Gasteiger partial charge is 0.325 e. The molecule has 1 amide bonds. The summed E-state index contributed by atoms with van der Waals surface area (Å²) in [6.45, 7) is 4.22. The van der Waals surface area contributed by atoms with E-state index in [0.29, 0.717) is 23.3 Å². The highest BCUT2D eigenvalue weighted by atomic mass is 32.2. The molecule has 0 spiro atoms. The number of unbranched alkanes of at least 4 members (excludes halogenated alkanes) is 1. The number of methoxy groups -OCH3 is 1. The van der Waals surface area contributed by atoms with Gasteiger partial charge in [0.1, 0.15) is 6.54 Å². The Balaban J connectivity index is 2.02. The van der Waals surface area contributed by atoms with Crippen LogP contribution in [-0.2, 0) is 36.1 Å². The predicted molar refractivity (Wildman–Crippen MR) is 139 cm³/mol. The van der Waals surface area contributed by atoms with E-state index in [2.05, 4.69) is 4.99 Å². The Morgan fingerprint density at radius 2 is 1.70 bits per heavy atom. The zero-order chi connectivity index (χ0) is 27.4. The van der Waals surface area contributed by atoms with Gasteiger partial charge in [-0.2, -0.15) is 9.30 Å². The fourth-order valence-corrected chi connectivity index (χ4v) is 6.68. The van der Waals surface area contributed by atoms with Gasteiger partial charge in [-0.05, 0) is 48.9 Å². The predicted octanol–water partition coefficient (Wildman–Crippen LogP) is 2.07. The quantitative estimate of drug-likeness (QED) is 0.367. The number of nitrogens with zero attached hydrogens (tertiary/aromatic N) is 3. The second kappa shape index (κ2) is 11.6. The summed E-state index contributed by atoms with van der Waals surface area (Å²) in [5.74, 6) is -1.26. The van der Waals surface area contributed by atoms with Gasteiger partial charge in [0, 0.05) is 18.7 Å². The molecule has 37 heavy (non-hydrogen) atoms. The van der Waals surface area contributed by atoms with Crippen LogP contribution in [0.3, 0.4) is 0 Å². The van der Waals surface area contributed by atoms with Crippen LogP contribution in [0, 0.1) is 0 Å². The number of primary sulfonamides is 1. The van der Waals surface area contributed by atoms with Crippen LogP contribution in [0.5, 0.6) is 0 Å². The number of esters is 1. The van der Waals surface area contributed by atoms with E-state index in [1.165, 1.54) is 58.4 Å². The van der Waals surface area contributed by atoms with E-state index < -0.39 is 31.9 Å². The largest absolute Gasteiger partial charge is 0.468 e. The molecule has 3 aromatic rings. The van der Waals surface area contributed by atoms with Crippen molar-refractivity contribution in [2.75, 3.05) is 20.2 Å². The number of rotatable bonds is 10. The van der Waals surface area contributed by atoms with Gasteiger partial charge in [0.2, 0.25) is 20.0 Å². The SMILES string of the molecule is CCCCN(CC)S(=O)(=O)c1ccc(C(=O)N=c2sc3cc(S(N)(=O)=O)ccc3n2CC(=O)OC)cc1. The number of ether oxygens (including phenoxy) is 1. The lowest BCUT2D eigenvalue weighted by Crippen LogP contribution is -2.31. The second-order valence-corrected chi connectivity index (χ2v) is 12.5. The molecular formula is C23H28N4O7S3. The molecule has 0 aliphatic heterocycles. The van der Waals surface area contributed by atoms with Crippen molar-refractivity contribution in [1.82, 2.24) is 8.87 Å². The van der Waals surface area contributed by atoms with E-state index >= 15 is 0 Å². The van der Waals surface area contributed by atoms with Crippen molar-refractivity contribution in [3.8, 4) is 0 Å². The minimum absolute atomic E-state index is 0.0696. The Kier molecular flexibility index (Phi) is 9.02. The van der Waals surface area contributed by atoms with Gasteiger partial charge in [0.15, 0.2) is 4.80 Å². The number of carbonyl (C=O) groups excluding carboxylic acids is 2. The third kappa shape index (κ3) is 6.51. The first-order chi connectivity index (χ1) is 17.4. The molecule has 3 rings (SSSR count). The summed E-state index contributed by atoms with van der Waals surface area (Å²) >= 11 is 0.997. The van der Waals surface area contributed by atoms with Gasteiger partial charge >= 0.3 is 5.97 Å². The molecule has 1 heterocycles. The third-order valence-corrected chi connectivity index (χ3v) is 9.49. The van der Waals surface area contributed by atoms with Crippen molar-refractivity contribution >= 4 is 53.5 Å². The third-order valence-electron chi connectivity index (χ3n) is 5.55. The molecular weight excluding hydrogens is 540 g/mol. The van der Waals surface area contributed by atoms with Crippen molar-refractivity contribution in [2.45, 2.75) is 43.0 Å². The molecule has 0 saturated heterocycles. The topological polar surface area (TPSA) is 158 Å². The summed E-state index contributed by atoms with van der Waals surface area (Å²) in [7, 11) is -6.45. The lowest BCUT2D eigenvalue weighted by molar-refractivity contribution is -0.141. The maximum atomic E-state index is 13.0. The Bertz CT molecular complexity index is 1590. The molecule has 0 saturated carbocycles. The molecule has 0 bridgehead atoms. The number of benzene rings is 2. The molecule has 2 aromatic carbocycles. The lowest BCUT2D eigenvalue weighted by Gasteiger charge is -2.20. The molecule has 0 fully saturated rings. The minimum atomic E-state index is -3.97. The number of hydrogen-bond acceptors (Lipinski definition) is 8. The van der Waals surface area contributed by atoms with Crippen molar-refractivity contribution in [2.24, 2.45) is 10.1 Å². The number of carbonyl (C=O) groups is 2. The standard InChI is InChI=1S/C23H28N4O7S3/c1-4-6-13-26(5-2)37(32,33)17-9-7-16(8-10-17)22(29)25-23-27(15-21(28)34-3)19-12-11-18(36(24,30)31)14-20(19)35-23/h7-12,14H,4-6,13,15H2,1-3H3,(H2,24,30,31). The second-order valence-electron chi connectivity index (χ2n) is 8.01. The summed E-state index contributed by atoms with van der Waals surface area (Å²) in [5.41, 5.74) is 0.602. The van der Waals surface area contributed by atoms with Crippen molar-refractivity contribution in [3.63, 3.8) is 0 Å². The van der Waals surface area contributed by atoms with Gasteiger partial charge < -0.3 is 9.30 Å². The average molecular weight is 569 g/mol. The molecule has 11 nitrogen and oxygen atoms in total. The van der Waals surface area contributed by atoms with Gasteiger partial charge in [-0.15, -0.1) is 0 Å². The van der Waals surface area contributed by atoms with E-state index in [0.717, 1.165) is 24.2 Å². The monoisotopic (exact) mass is 568 g/mol. The first-order valence-corrected chi connectivity index (χ1v) is 15.1. The summed E-state index contributed by atoms with van der Waals surface area (Å²) in [4.78, 5) is 29.1. The zero-order valence-corrected chi connectivity index (χ0v) is 23.0. The first kappa shape index (κ1) is 28.7. The normalized spacial score (nSPS) is 12.8. The molecule has 0 unspecified atom stereocenters. The van der Waals surface area contributed by atoms with Gasteiger partial charge in [-0.25, -0.2) is 22.0 Å². The number of amides is 1. The van der Waals surface area contributed by atoms with E-state index in [-0.39, 0.29) is 26.7 Å². The number of aromatic nitrogens is 1. The molecule has 2 N–H and O–H groups in total. The molecule has 0 aliphatic carbocycles. The summed E-state index contributed by atoms with van der Waals surface area (Å²) < 4.78 is 57.4. The number of sulfonamides is 2. The maximum absolute atomic E-state index is 13.0. The van der Waals surface area contributed by atoms with E-state index in [1.54, 1.807) is 6.92 Å². The van der Waals surface area contributed by atoms with Gasteiger partial charge in [-0.3, -0.25) is 9.59 Å². The van der Waals surface area contributed by atoms with Crippen LogP contribution in [0.2, 0.25) is 0 Å². The number of fused-ring (bicyclic) bond motifs is 1. The number of thiazole rings is 1. The highest BCUT2D eigenvalue weighted by Crippen LogP contribution is 2.22. The maximum Gasteiger partial charge on any atom is 0.325 e. The highest BCUT2D eigenvalue weighted by molar-refractivity contribution is 7.89. The molecule has 1 aromatic heterocycles. The van der Waals surface area contributed by atoms with Crippen LogP contribution in [0.4, 0.5) is 0 Å². The van der Waals surface area contributed by atoms with Gasteiger partial charge in [-0.1, -0.05) is 31.6 Å². The van der Waals surface area contributed by atoms with Gasteiger partial charge in [0.05, 0.1) is 27.1 Å². The van der Waals surface area contributed by atoms with E-state index in [4.69, 9.17) is 9.88 Å². The highest BCUT2D eigenvalue weighted by Gasteiger charge is 2.23. The number of nitrogens with two attached hydrogens (primary N) is 1. The summed E-state index contributed by atoms with van der Waals surface area (Å²) in [6.07, 6.45) is 1.60. The first-order valence-electron chi connectivity index (χ1n) is 11.3. The Labute approximate surface area is 219 Å².